The van der Waals surface area contributed by atoms with Crippen molar-refractivity contribution in [2.24, 2.45) is 0 Å². The average molecular weight is 556 g/mol. The van der Waals surface area contributed by atoms with Gasteiger partial charge in [-0.15, -0.1) is 0 Å². The summed E-state index contributed by atoms with van der Waals surface area (Å²) in [7, 11) is 1.52. The highest BCUT2D eigenvalue weighted by Gasteiger charge is 2.47. The van der Waals surface area contributed by atoms with Crippen molar-refractivity contribution in [3.8, 4) is 22.6 Å². The fourth-order valence-corrected chi connectivity index (χ4v) is 5.36. The molecular weight excluding hydrogens is 528 g/mol. The number of halogens is 2. The zero-order valence-corrected chi connectivity index (χ0v) is 22.9. The van der Waals surface area contributed by atoms with E-state index in [4.69, 9.17) is 9.47 Å². The van der Waals surface area contributed by atoms with E-state index in [9.17, 15) is 18.4 Å². The number of anilines is 3. The Morgan fingerprint density at radius 2 is 1.63 bits per heavy atom. The normalized spacial score (nSPS) is 14.9. The summed E-state index contributed by atoms with van der Waals surface area (Å²) in [6.45, 7) is 5.83. The van der Waals surface area contributed by atoms with Crippen molar-refractivity contribution in [1.82, 2.24) is 0 Å². The number of carbonyl (C=O) groups excluding carboxylic acids is 2. The summed E-state index contributed by atoms with van der Waals surface area (Å²) in [6, 6.07) is 18.5. The summed E-state index contributed by atoms with van der Waals surface area (Å²) in [5, 5.41) is 6.80. The molecule has 2 heterocycles. The Balaban J connectivity index is 1.42. The van der Waals surface area contributed by atoms with Crippen molar-refractivity contribution in [2.75, 3.05) is 22.4 Å². The third-order valence-electron chi connectivity index (χ3n) is 7.42. The van der Waals surface area contributed by atoms with E-state index in [0.29, 0.717) is 23.7 Å². The Hall–Kier alpha value is -4.92. The quantitative estimate of drug-likeness (QED) is 0.220. The molecule has 0 aromatic heterocycles. The highest BCUT2D eigenvalue weighted by molar-refractivity contribution is 6.12. The van der Waals surface area contributed by atoms with Gasteiger partial charge in [-0.1, -0.05) is 12.1 Å². The van der Waals surface area contributed by atoms with Crippen LogP contribution in [0.1, 0.15) is 35.3 Å². The smallest absolute Gasteiger partial charge is 0.343 e. The largest absolute Gasteiger partial charge is 0.496 e. The number of carbonyl (C=O) groups is 2. The summed E-state index contributed by atoms with van der Waals surface area (Å²) in [5.74, 6) is -0.928. The highest BCUT2D eigenvalue weighted by atomic mass is 19.1. The summed E-state index contributed by atoms with van der Waals surface area (Å²) >= 11 is 0. The topological polar surface area (TPSA) is 71.1 Å². The first kappa shape index (κ1) is 26.3. The van der Waals surface area contributed by atoms with Crippen LogP contribution >= 0.6 is 0 Å². The molecule has 0 fully saturated rings. The lowest BCUT2D eigenvalue weighted by molar-refractivity contribution is -0.122. The number of esters is 1. The van der Waals surface area contributed by atoms with Gasteiger partial charge in [-0.2, -0.15) is 0 Å². The van der Waals surface area contributed by atoms with Gasteiger partial charge in [-0.25, -0.2) is 18.6 Å². The molecule has 0 saturated carbocycles. The molecule has 0 radical (unpaired) electrons. The van der Waals surface area contributed by atoms with Crippen molar-refractivity contribution in [2.45, 2.75) is 32.9 Å². The van der Waals surface area contributed by atoms with E-state index >= 15 is 0 Å². The predicted octanol–water partition coefficient (Wildman–Crippen LogP) is 6.64. The Morgan fingerprint density at radius 3 is 2.37 bits per heavy atom. The second kappa shape index (κ2) is 9.62. The molecule has 7 nitrogen and oxygen atoms in total. The highest BCUT2D eigenvalue weighted by Crippen LogP contribution is 2.50. The number of benzene rings is 4. The molecule has 0 unspecified atom stereocenters. The number of hydrogen-bond donors (Lipinski definition) is 1. The second-order valence-corrected chi connectivity index (χ2v) is 10.6. The Morgan fingerprint density at radius 1 is 0.927 bits per heavy atom. The van der Waals surface area contributed by atoms with Gasteiger partial charge in [0.1, 0.15) is 28.7 Å². The first-order chi connectivity index (χ1) is 19.6. The van der Waals surface area contributed by atoms with Crippen LogP contribution in [-0.2, 0) is 11.3 Å². The van der Waals surface area contributed by atoms with E-state index < -0.39 is 23.1 Å². The monoisotopic (exact) mass is 555 g/mol. The maximum absolute atomic E-state index is 14.4. The van der Waals surface area contributed by atoms with Gasteiger partial charge in [-0.3, -0.25) is 9.80 Å². The fraction of sp³-hybridized carbons (Fsp3) is 0.188. The second-order valence-electron chi connectivity index (χ2n) is 10.6. The van der Waals surface area contributed by atoms with Crippen LogP contribution in [0.25, 0.3) is 11.1 Å². The minimum atomic E-state index is -0.886. The van der Waals surface area contributed by atoms with Crippen LogP contribution in [0, 0.1) is 18.6 Å². The van der Waals surface area contributed by atoms with Crippen LogP contribution in [0.15, 0.2) is 72.8 Å². The van der Waals surface area contributed by atoms with Gasteiger partial charge in [-0.05, 0) is 86.5 Å². The van der Waals surface area contributed by atoms with Crippen molar-refractivity contribution >= 4 is 28.9 Å². The lowest BCUT2D eigenvalue weighted by atomic mass is 9.93. The van der Waals surface area contributed by atoms with E-state index in [-0.39, 0.29) is 17.2 Å². The molecule has 0 atom stereocenters. The lowest BCUT2D eigenvalue weighted by Crippen LogP contribution is -2.57. The molecule has 0 aliphatic carbocycles. The van der Waals surface area contributed by atoms with Crippen molar-refractivity contribution in [1.29, 1.82) is 0 Å². The Labute approximate surface area is 235 Å². The first-order valence-electron chi connectivity index (χ1n) is 13.1. The van der Waals surface area contributed by atoms with Crippen LogP contribution in [0.4, 0.5) is 25.8 Å². The zero-order chi connectivity index (χ0) is 29.1. The molecule has 9 heteroatoms. The Kier molecular flexibility index (Phi) is 6.17. The molecule has 2 aliphatic rings. The van der Waals surface area contributed by atoms with Gasteiger partial charge in [0, 0.05) is 17.2 Å². The fourth-order valence-electron chi connectivity index (χ4n) is 5.36. The molecule has 0 saturated heterocycles. The number of nitrogens with one attached hydrogen (secondary N) is 1. The average Bonchev–Trinajstić information content (AvgIpc) is 3.35. The van der Waals surface area contributed by atoms with E-state index in [1.807, 2.05) is 37.9 Å². The molecule has 4 aromatic carbocycles. The number of ether oxygens (including phenoxy) is 2. The minimum absolute atomic E-state index is 0.167. The molecule has 208 valence electrons. The van der Waals surface area contributed by atoms with Crippen molar-refractivity contribution in [3.05, 3.63) is 101 Å². The maximum atomic E-state index is 14.4. The molecule has 6 rings (SSSR count). The van der Waals surface area contributed by atoms with Crippen LogP contribution in [-0.4, -0.2) is 24.5 Å². The molecule has 1 N–H and O–H groups in total. The predicted molar refractivity (Wildman–Crippen MR) is 152 cm³/mol. The van der Waals surface area contributed by atoms with Crippen molar-refractivity contribution < 1.29 is 27.8 Å². The van der Waals surface area contributed by atoms with Gasteiger partial charge >= 0.3 is 5.97 Å². The standard InChI is InChI=1S/C32H27F2N3O4/c1-18-5-8-21(34)15-27(18)36-17-25-23(13-14-26-29(25)37(36)31(39)32(2,3)35-26)24-12-11-22(16-28(24)40-4)41-30(38)19-6-9-20(33)10-7-19/h5-16,35H,17H2,1-4H3. The van der Waals surface area contributed by atoms with Gasteiger partial charge < -0.3 is 14.8 Å². The number of nitrogens with zero attached hydrogens (tertiary/aromatic N) is 2. The van der Waals surface area contributed by atoms with E-state index in [0.717, 1.165) is 27.9 Å². The van der Waals surface area contributed by atoms with E-state index in [1.165, 1.54) is 43.5 Å². The number of aryl methyl sites for hydroxylation is 1. The number of methoxy groups -OCH3 is 1. The first-order valence-corrected chi connectivity index (χ1v) is 13.1. The summed E-state index contributed by atoms with van der Waals surface area (Å²) in [4.78, 5) is 26.3. The molecule has 41 heavy (non-hydrogen) atoms. The van der Waals surface area contributed by atoms with Crippen LogP contribution in [0.2, 0.25) is 0 Å². The molecule has 4 aromatic rings. The van der Waals surface area contributed by atoms with Gasteiger partial charge in [0.05, 0.1) is 36.3 Å². The van der Waals surface area contributed by atoms with Gasteiger partial charge in [0.15, 0.2) is 0 Å². The minimum Gasteiger partial charge on any atom is -0.496 e. The van der Waals surface area contributed by atoms with Gasteiger partial charge in [0.2, 0.25) is 0 Å². The van der Waals surface area contributed by atoms with Crippen LogP contribution in [0.3, 0.4) is 0 Å². The van der Waals surface area contributed by atoms with Gasteiger partial charge in [0.25, 0.3) is 5.91 Å². The third-order valence-corrected chi connectivity index (χ3v) is 7.42. The molecule has 2 aliphatic heterocycles. The third kappa shape index (κ3) is 4.43. The van der Waals surface area contributed by atoms with E-state index in [2.05, 4.69) is 5.32 Å². The maximum Gasteiger partial charge on any atom is 0.343 e. The molecule has 0 spiro atoms. The SMILES string of the molecule is COc1cc(OC(=O)c2ccc(F)cc2)ccc1-c1ccc2c3c1CN(c1cc(F)ccc1C)N3C(=O)C(C)(C)N2. The van der Waals surface area contributed by atoms with Crippen molar-refractivity contribution in [3.63, 3.8) is 0 Å². The summed E-state index contributed by atoms with van der Waals surface area (Å²) in [5.41, 5.74) is 4.63. The lowest BCUT2D eigenvalue weighted by Gasteiger charge is -2.41. The number of hydrogen-bond acceptors (Lipinski definition) is 6. The number of rotatable bonds is 5. The molecule has 1 amide bonds. The number of hydrazine groups is 1. The molecular formula is C32H27F2N3O4. The van der Waals surface area contributed by atoms with E-state index in [1.54, 1.807) is 29.3 Å². The van der Waals surface area contributed by atoms with Crippen LogP contribution in [0.5, 0.6) is 11.5 Å². The molecule has 0 bridgehead atoms. The number of amides is 1. The zero-order valence-electron chi connectivity index (χ0n) is 22.9. The summed E-state index contributed by atoms with van der Waals surface area (Å²) < 4.78 is 38.9. The Bertz CT molecular complexity index is 1720. The van der Waals surface area contributed by atoms with Crippen LogP contribution < -0.4 is 24.8 Å². The summed E-state index contributed by atoms with van der Waals surface area (Å²) in [6.07, 6.45) is 0.